The first-order chi connectivity index (χ1) is 8.43. The highest BCUT2D eigenvalue weighted by Crippen LogP contribution is 2.66. The molecule has 0 radical (unpaired) electrons. The molecule has 2 unspecified atom stereocenters. The molecule has 0 N–H and O–H groups in total. The van der Waals surface area contributed by atoms with Crippen molar-refractivity contribution in [1.82, 2.24) is 0 Å². The molecule has 0 aromatic rings. The molecule has 0 spiro atoms. The summed E-state index contributed by atoms with van der Waals surface area (Å²) in [6, 6.07) is 0. The fourth-order valence-electron chi connectivity index (χ4n) is 5.06. The SMILES string of the molecule is O=C(I)OCC12CC3CC(C1)CC(C(=O)I)(C3)C2. The third kappa shape index (κ3) is 2.23. The fourth-order valence-corrected chi connectivity index (χ4v) is 5.85. The van der Waals surface area contributed by atoms with Crippen molar-refractivity contribution < 1.29 is 14.3 Å². The topological polar surface area (TPSA) is 43.4 Å². The Hall–Kier alpha value is 0.600. The summed E-state index contributed by atoms with van der Waals surface area (Å²) in [5.41, 5.74) is 0.00801. The smallest absolute Gasteiger partial charge is 0.367 e. The minimum Gasteiger partial charge on any atom is -0.458 e. The van der Waals surface area contributed by atoms with Crippen LogP contribution in [-0.2, 0) is 9.53 Å². The lowest BCUT2D eigenvalue weighted by Gasteiger charge is -2.60. The van der Waals surface area contributed by atoms with E-state index in [4.69, 9.17) is 4.74 Å². The van der Waals surface area contributed by atoms with Crippen LogP contribution in [0.5, 0.6) is 0 Å². The van der Waals surface area contributed by atoms with E-state index >= 15 is 0 Å². The Morgan fingerprint density at radius 1 is 1.11 bits per heavy atom. The van der Waals surface area contributed by atoms with Crippen LogP contribution in [0.25, 0.3) is 0 Å². The van der Waals surface area contributed by atoms with E-state index in [2.05, 4.69) is 0 Å². The van der Waals surface area contributed by atoms with Crippen molar-refractivity contribution in [2.75, 3.05) is 6.61 Å². The summed E-state index contributed by atoms with van der Waals surface area (Å²) in [4.78, 5) is 23.1. The van der Waals surface area contributed by atoms with Crippen molar-refractivity contribution in [2.45, 2.75) is 38.5 Å². The number of carbonyl (C=O) groups is 2. The van der Waals surface area contributed by atoms with Crippen LogP contribution in [0.2, 0.25) is 0 Å². The highest BCUT2D eigenvalue weighted by atomic mass is 127. The van der Waals surface area contributed by atoms with E-state index in [0.717, 1.165) is 32.1 Å². The Kier molecular flexibility index (Phi) is 3.44. The quantitative estimate of drug-likeness (QED) is 0.457. The van der Waals surface area contributed by atoms with Crippen molar-refractivity contribution in [3.8, 4) is 0 Å². The normalized spacial score (nSPS) is 45.0. The summed E-state index contributed by atoms with van der Waals surface area (Å²) in [6.07, 6.45) is 6.68. The maximum Gasteiger partial charge on any atom is 0.367 e. The van der Waals surface area contributed by atoms with Gasteiger partial charge in [0.1, 0.15) is 0 Å². The molecule has 4 saturated carbocycles. The third-order valence-corrected chi connectivity index (χ3v) is 6.55. The first-order valence-corrected chi connectivity index (χ1v) is 8.61. The monoisotopic (exact) mass is 474 g/mol. The largest absolute Gasteiger partial charge is 0.458 e. The van der Waals surface area contributed by atoms with E-state index in [9.17, 15) is 9.59 Å². The minimum atomic E-state index is -0.224. The average Bonchev–Trinajstić information content (AvgIpc) is 2.24. The lowest BCUT2D eigenvalue weighted by Crippen LogP contribution is -2.55. The molecular weight excluding hydrogens is 458 g/mol. The molecule has 0 amide bonds. The summed E-state index contributed by atoms with van der Waals surface area (Å²) in [5.74, 6) is 1.36. The second kappa shape index (κ2) is 4.56. The molecule has 5 heteroatoms. The Morgan fingerprint density at radius 3 is 2.22 bits per heavy atom. The maximum absolute atomic E-state index is 12.1. The van der Waals surface area contributed by atoms with E-state index in [0.29, 0.717) is 22.2 Å². The molecule has 0 heterocycles. The predicted molar refractivity (Wildman–Crippen MR) is 83.9 cm³/mol. The van der Waals surface area contributed by atoms with Gasteiger partial charge in [0, 0.05) is 33.4 Å². The molecular formula is C13H16I2O3. The van der Waals surface area contributed by atoms with Gasteiger partial charge >= 0.3 is 3.98 Å². The van der Waals surface area contributed by atoms with Crippen LogP contribution in [0, 0.1) is 22.7 Å². The van der Waals surface area contributed by atoms with E-state index < -0.39 is 0 Å². The zero-order valence-electron chi connectivity index (χ0n) is 10.1. The van der Waals surface area contributed by atoms with Gasteiger partial charge in [-0.15, -0.1) is 0 Å². The zero-order chi connectivity index (χ0) is 13.0. The Labute approximate surface area is 134 Å². The molecule has 2 atom stereocenters. The van der Waals surface area contributed by atoms with Crippen molar-refractivity contribution in [2.24, 2.45) is 22.7 Å². The lowest BCUT2D eigenvalue weighted by molar-refractivity contribution is -0.150. The highest BCUT2D eigenvalue weighted by Gasteiger charge is 2.60. The van der Waals surface area contributed by atoms with Crippen LogP contribution < -0.4 is 0 Å². The molecule has 4 fully saturated rings. The minimum absolute atomic E-state index is 0.0949. The number of hydrogen-bond donors (Lipinski definition) is 0. The molecule has 4 aliphatic carbocycles. The number of ether oxygens (including phenoxy) is 1. The lowest BCUT2D eigenvalue weighted by atomic mass is 9.45. The van der Waals surface area contributed by atoms with Gasteiger partial charge in [0.05, 0.1) is 29.2 Å². The van der Waals surface area contributed by atoms with Crippen LogP contribution in [0.15, 0.2) is 0 Å². The summed E-state index contributed by atoms with van der Waals surface area (Å²) >= 11 is 3.68. The van der Waals surface area contributed by atoms with Crippen LogP contribution in [0.1, 0.15) is 38.5 Å². The zero-order valence-corrected chi connectivity index (χ0v) is 14.4. The molecule has 0 aromatic heterocycles. The van der Waals surface area contributed by atoms with Gasteiger partial charge in [-0.3, -0.25) is 4.79 Å². The standard InChI is InChI=1S/C13H16I2O3/c14-10(16)13-4-8-1-9(5-13)3-12(2-8,6-13)7-18-11(15)17/h8-9H,1-7H2. The van der Waals surface area contributed by atoms with Crippen molar-refractivity contribution in [3.05, 3.63) is 0 Å². The predicted octanol–water partition coefficient (Wildman–Crippen LogP) is 4.11. The van der Waals surface area contributed by atoms with Gasteiger partial charge in [-0.1, -0.05) is 0 Å². The van der Waals surface area contributed by atoms with Crippen molar-refractivity contribution in [3.63, 3.8) is 0 Å². The Balaban J connectivity index is 1.85. The van der Waals surface area contributed by atoms with Crippen molar-refractivity contribution in [1.29, 1.82) is 0 Å². The highest BCUT2D eigenvalue weighted by molar-refractivity contribution is 14.1. The van der Waals surface area contributed by atoms with Gasteiger partial charge in [-0.05, 0) is 50.4 Å². The first kappa shape index (κ1) is 13.6. The van der Waals surface area contributed by atoms with E-state index in [1.807, 2.05) is 22.6 Å². The molecule has 3 nitrogen and oxygen atoms in total. The summed E-state index contributed by atoms with van der Waals surface area (Å²) in [5, 5.41) is 0. The van der Waals surface area contributed by atoms with Crippen LogP contribution in [0.3, 0.4) is 0 Å². The summed E-state index contributed by atoms with van der Waals surface area (Å²) < 4.78 is 5.39. The molecule has 0 aromatic carbocycles. The van der Waals surface area contributed by atoms with Crippen LogP contribution in [0.4, 0.5) is 4.79 Å². The molecule has 4 aliphatic rings. The van der Waals surface area contributed by atoms with E-state index in [1.54, 1.807) is 22.6 Å². The van der Waals surface area contributed by atoms with Crippen LogP contribution >= 0.6 is 45.2 Å². The van der Waals surface area contributed by atoms with Gasteiger partial charge in [-0.25, -0.2) is 4.79 Å². The Bertz CT molecular complexity index is 393. The molecule has 100 valence electrons. The number of rotatable bonds is 3. The molecule has 4 bridgehead atoms. The van der Waals surface area contributed by atoms with Gasteiger partial charge < -0.3 is 4.74 Å². The van der Waals surface area contributed by atoms with Crippen molar-refractivity contribution >= 4 is 52.9 Å². The maximum atomic E-state index is 12.1. The van der Waals surface area contributed by atoms with Gasteiger partial charge in [0.25, 0.3) is 0 Å². The molecule has 0 saturated heterocycles. The first-order valence-electron chi connectivity index (χ1n) is 6.45. The number of hydrogen-bond acceptors (Lipinski definition) is 3. The molecule has 0 aliphatic heterocycles. The van der Waals surface area contributed by atoms with Gasteiger partial charge in [-0.2, -0.15) is 0 Å². The second-order valence-electron chi connectivity index (χ2n) is 6.54. The third-order valence-electron chi connectivity index (χ3n) is 5.09. The van der Waals surface area contributed by atoms with E-state index in [1.165, 1.54) is 6.42 Å². The summed E-state index contributed by atoms with van der Waals surface area (Å²) in [6.45, 7) is 0.521. The second-order valence-corrected chi connectivity index (χ2v) is 8.40. The van der Waals surface area contributed by atoms with Gasteiger partial charge in [0.2, 0.25) is 0 Å². The van der Waals surface area contributed by atoms with Gasteiger partial charge in [0.15, 0.2) is 3.79 Å². The van der Waals surface area contributed by atoms with E-state index in [-0.39, 0.29) is 14.8 Å². The molecule has 4 rings (SSSR count). The fraction of sp³-hybridized carbons (Fsp3) is 0.846. The average molecular weight is 474 g/mol. The number of carbonyl (C=O) groups excluding carboxylic acids is 2. The number of halogens is 2. The Morgan fingerprint density at radius 2 is 1.72 bits per heavy atom. The summed E-state index contributed by atoms with van der Waals surface area (Å²) in [7, 11) is 0. The molecule has 18 heavy (non-hydrogen) atoms. The van der Waals surface area contributed by atoms with Crippen LogP contribution in [-0.4, -0.2) is 14.4 Å².